The van der Waals surface area contributed by atoms with Crippen LogP contribution in [0.25, 0.3) is 11.1 Å². The van der Waals surface area contributed by atoms with E-state index < -0.39 is 6.10 Å². The van der Waals surface area contributed by atoms with E-state index >= 15 is 0 Å². The van der Waals surface area contributed by atoms with Crippen LogP contribution in [-0.2, 0) is 6.61 Å². The number of benzene rings is 4. The summed E-state index contributed by atoms with van der Waals surface area (Å²) in [5.74, 6) is -0.0618. The van der Waals surface area contributed by atoms with Gasteiger partial charge in [-0.25, -0.2) is 4.39 Å². The van der Waals surface area contributed by atoms with E-state index in [9.17, 15) is 19.7 Å². The van der Waals surface area contributed by atoms with E-state index in [4.69, 9.17) is 12.2 Å². The summed E-state index contributed by atoms with van der Waals surface area (Å²) < 4.78 is 13.3. The van der Waals surface area contributed by atoms with Crippen molar-refractivity contribution in [2.75, 3.05) is 4.90 Å². The standard InChI is InChI=1S/C33H32FNO3S/c34-27-14-10-25(11-15-27)30(37)8-4-7-26-20-32(39)35(33(26)29-18-9-22(21-36)19-31(29)38)28-16-12-24(13-17-28)23-5-2-1-3-6-23/h1-3,5-6,9-19,26,30,33,36-38H,4,7-8,20-21H2/t26-,30?,33-/m0/s1. The van der Waals surface area contributed by atoms with E-state index in [1.54, 1.807) is 18.2 Å². The molecule has 4 aromatic rings. The van der Waals surface area contributed by atoms with Gasteiger partial charge in [-0.15, -0.1) is 0 Å². The van der Waals surface area contributed by atoms with Crippen LogP contribution in [0, 0.1) is 11.7 Å². The molecule has 0 saturated carbocycles. The van der Waals surface area contributed by atoms with Crippen molar-refractivity contribution in [3.8, 4) is 16.9 Å². The molecule has 0 spiro atoms. The van der Waals surface area contributed by atoms with Gasteiger partial charge in [0.15, 0.2) is 0 Å². The molecule has 0 aromatic heterocycles. The average molecular weight is 542 g/mol. The van der Waals surface area contributed by atoms with Crippen molar-refractivity contribution in [1.82, 2.24) is 0 Å². The van der Waals surface area contributed by atoms with Crippen molar-refractivity contribution in [3.05, 3.63) is 120 Å². The normalized spacial score (nSPS) is 17.9. The van der Waals surface area contributed by atoms with Crippen LogP contribution < -0.4 is 4.90 Å². The Bertz CT molecular complexity index is 1410. The number of phenolic OH excluding ortho intramolecular Hbond substituents is 1. The molecule has 3 N–H and O–H groups in total. The fourth-order valence-corrected chi connectivity index (χ4v) is 6.00. The lowest BCUT2D eigenvalue weighted by atomic mass is 9.87. The molecule has 200 valence electrons. The zero-order valence-corrected chi connectivity index (χ0v) is 22.4. The second-order valence-corrected chi connectivity index (χ2v) is 10.6. The molecule has 39 heavy (non-hydrogen) atoms. The minimum absolute atomic E-state index is 0.123. The van der Waals surface area contributed by atoms with Crippen molar-refractivity contribution in [3.63, 3.8) is 0 Å². The molecule has 1 unspecified atom stereocenters. The highest BCUT2D eigenvalue weighted by Crippen LogP contribution is 2.47. The van der Waals surface area contributed by atoms with Gasteiger partial charge in [0.05, 0.1) is 23.7 Å². The van der Waals surface area contributed by atoms with E-state index in [0.717, 1.165) is 40.2 Å². The third kappa shape index (κ3) is 6.04. The number of rotatable bonds is 9. The number of aliphatic hydroxyl groups is 2. The summed E-state index contributed by atoms with van der Waals surface area (Å²) in [5, 5.41) is 31.2. The SMILES string of the molecule is OCc1ccc([C@@H]2[C@@H](CCCC(O)c3ccc(F)cc3)CC(=S)N2c2ccc(-c3ccccc3)cc2)c(O)c1. The second-order valence-electron chi connectivity index (χ2n) is 10.1. The molecular weight excluding hydrogens is 509 g/mol. The Balaban J connectivity index is 1.39. The average Bonchev–Trinajstić information content (AvgIpc) is 3.29. The van der Waals surface area contributed by atoms with Gasteiger partial charge in [0.1, 0.15) is 11.6 Å². The molecule has 1 heterocycles. The molecule has 1 fully saturated rings. The Hall–Kier alpha value is -3.58. The van der Waals surface area contributed by atoms with Crippen LogP contribution in [0.3, 0.4) is 0 Å². The number of hydrogen-bond donors (Lipinski definition) is 3. The van der Waals surface area contributed by atoms with E-state index in [2.05, 4.69) is 41.3 Å². The number of aromatic hydroxyl groups is 1. The molecule has 0 radical (unpaired) electrons. The van der Waals surface area contributed by atoms with Crippen molar-refractivity contribution < 1.29 is 19.7 Å². The lowest BCUT2D eigenvalue weighted by Gasteiger charge is -2.31. The molecule has 4 aromatic carbocycles. The molecular formula is C33H32FNO3S. The maximum absolute atomic E-state index is 13.3. The predicted molar refractivity (Wildman–Crippen MR) is 157 cm³/mol. The highest BCUT2D eigenvalue weighted by Gasteiger charge is 2.40. The van der Waals surface area contributed by atoms with E-state index in [1.165, 1.54) is 12.1 Å². The second kappa shape index (κ2) is 12.1. The number of phenols is 1. The third-order valence-electron chi connectivity index (χ3n) is 7.59. The van der Waals surface area contributed by atoms with E-state index in [0.29, 0.717) is 24.0 Å². The molecule has 1 saturated heterocycles. The number of thiocarbonyl (C=S) groups is 1. The molecule has 3 atom stereocenters. The highest BCUT2D eigenvalue weighted by molar-refractivity contribution is 7.80. The van der Waals surface area contributed by atoms with Crippen LogP contribution in [0.4, 0.5) is 10.1 Å². The summed E-state index contributed by atoms with van der Waals surface area (Å²) in [6, 6.07) is 29.6. The number of aliphatic hydroxyl groups excluding tert-OH is 2. The first-order chi connectivity index (χ1) is 18.9. The number of hydrogen-bond acceptors (Lipinski definition) is 4. The molecule has 0 amide bonds. The zero-order valence-electron chi connectivity index (χ0n) is 21.6. The molecule has 1 aliphatic rings. The summed E-state index contributed by atoms with van der Waals surface area (Å²) >= 11 is 5.90. The summed E-state index contributed by atoms with van der Waals surface area (Å²) in [7, 11) is 0. The van der Waals surface area contributed by atoms with E-state index in [1.807, 2.05) is 30.3 Å². The van der Waals surface area contributed by atoms with Crippen LogP contribution in [0.15, 0.2) is 97.1 Å². The highest BCUT2D eigenvalue weighted by atomic mass is 32.1. The first-order valence-corrected chi connectivity index (χ1v) is 13.7. The van der Waals surface area contributed by atoms with Crippen molar-refractivity contribution in [2.24, 2.45) is 5.92 Å². The molecule has 4 nitrogen and oxygen atoms in total. The topological polar surface area (TPSA) is 63.9 Å². The number of nitrogens with zero attached hydrogens (tertiary/aromatic N) is 1. The number of anilines is 1. The van der Waals surface area contributed by atoms with Gasteiger partial charge in [-0.2, -0.15) is 0 Å². The fourth-order valence-electron chi connectivity index (χ4n) is 5.57. The van der Waals surface area contributed by atoms with Gasteiger partial charge in [0, 0.05) is 17.7 Å². The van der Waals surface area contributed by atoms with Gasteiger partial charge in [-0.1, -0.05) is 85.4 Å². The first kappa shape index (κ1) is 27.0. The Morgan fingerprint density at radius 2 is 1.59 bits per heavy atom. The molecule has 0 bridgehead atoms. The Kier molecular flexibility index (Phi) is 8.36. The van der Waals surface area contributed by atoms with Crippen LogP contribution in [-0.4, -0.2) is 20.3 Å². The fraction of sp³-hybridized carbons (Fsp3) is 0.242. The predicted octanol–water partition coefficient (Wildman–Crippen LogP) is 7.49. The third-order valence-corrected chi connectivity index (χ3v) is 7.95. The van der Waals surface area contributed by atoms with Crippen molar-refractivity contribution in [2.45, 2.75) is 44.4 Å². The van der Waals surface area contributed by atoms with E-state index in [-0.39, 0.29) is 30.1 Å². The quantitative estimate of drug-likeness (QED) is 0.192. The summed E-state index contributed by atoms with van der Waals surface area (Å²) in [6.45, 7) is -0.147. The maximum Gasteiger partial charge on any atom is 0.123 e. The summed E-state index contributed by atoms with van der Waals surface area (Å²) in [5.41, 5.74) is 5.33. The Morgan fingerprint density at radius 1 is 0.897 bits per heavy atom. The largest absolute Gasteiger partial charge is 0.508 e. The Labute approximate surface area is 234 Å². The molecule has 5 rings (SSSR count). The molecule has 1 aliphatic heterocycles. The van der Waals surface area contributed by atoms with Gasteiger partial charge in [-0.05, 0) is 71.3 Å². The monoisotopic (exact) mass is 541 g/mol. The zero-order chi connectivity index (χ0) is 27.4. The molecule has 6 heteroatoms. The number of halogens is 1. The van der Waals surface area contributed by atoms with Gasteiger partial charge in [-0.3, -0.25) is 0 Å². The van der Waals surface area contributed by atoms with Crippen LogP contribution in [0.2, 0.25) is 0 Å². The first-order valence-electron chi connectivity index (χ1n) is 13.3. The van der Waals surface area contributed by atoms with Crippen molar-refractivity contribution in [1.29, 1.82) is 0 Å². The van der Waals surface area contributed by atoms with Crippen LogP contribution in [0.1, 0.15) is 54.5 Å². The van der Waals surface area contributed by atoms with Gasteiger partial charge >= 0.3 is 0 Å². The van der Waals surface area contributed by atoms with Gasteiger partial charge in [0.2, 0.25) is 0 Å². The minimum atomic E-state index is -0.670. The lowest BCUT2D eigenvalue weighted by molar-refractivity contribution is 0.160. The van der Waals surface area contributed by atoms with Crippen molar-refractivity contribution >= 4 is 22.9 Å². The smallest absolute Gasteiger partial charge is 0.123 e. The summed E-state index contributed by atoms with van der Waals surface area (Å²) in [6.07, 6.45) is 2.11. The lowest BCUT2D eigenvalue weighted by Crippen LogP contribution is -2.28. The van der Waals surface area contributed by atoms with Crippen LogP contribution in [0.5, 0.6) is 5.75 Å². The van der Waals surface area contributed by atoms with Crippen LogP contribution >= 0.6 is 12.2 Å². The maximum atomic E-state index is 13.3. The minimum Gasteiger partial charge on any atom is -0.508 e. The van der Waals surface area contributed by atoms with Gasteiger partial charge in [0.25, 0.3) is 0 Å². The Morgan fingerprint density at radius 3 is 2.26 bits per heavy atom. The van der Waals surface area contributed by atoms with Gasteiger partial charge < -0.3 is 20.2 Å². The summed E-state index contributed by atoms with van der Waals surface area (Å²) in [4.78, 5) is 2.95. The molecule has 0 aliphatic carbocycles.